The van der Waals surface area contributed by atoms with Crippen LogP contribution in [0.2, 0.25) is 0 Å². The van der Waals surface area contributed by atoms with Gasteiger partial charge in [0.2, 0.25) is 0 Å². The first kappa shape index (κ1) is 17.7. The van der Waals surface area contributed by atoms with Crippen LogP contribution in [-0.2, 0) is 13.0 Å². The maximum atomic E-state index is 12.3. The number of aromatic amines is 1. The molecule has 6 nitrogen and oxygen atoms in total. The Hall–Kier alpha value is -3.67. The van der Waals surface area contributed by atoms with Gasteiger partial charge in [-0.3, -0.25) is 9.78 Å². The zero-order valence-corrected chi connectivity index (χ0v) is 15.4. The number of H-pyrrole nitrogens is 1. The van der Waals surface area contributed by atoms with Crippen LogP contribution in [0.5, 0.6) is 0 Å². The highest BCUT2D eigenvalue weighted by Crippen LogP contribution is 2.17. The average molecular weight is 371 g/mol. The van der Waals surface area contributed by atoms with Crippen molar-refractivity contribution in [2.24, 2.45) is 0 Å². The summed E-state index contributed by atoms with van der Waals surface area (Å²) in [5, 5.41) is 7.37. The molecule has 140 valence electrons. The predicted molar refractivity (Wildman–Crippen MR) is 110 cm³/mol. The van der Waals surface area contributed by atoms with Crippen LogP contribution in [0.15, 0.2) is 73.3 Å². The number of benzene rings is 1. The Bertz CT molecular complexity index is 1060. The Morgan fingerprint density at radius 2 is 1.96 bits per heavy atom. The van der Waals surface area contributed by atoms with E-state index in [9.17, 15) is 4.79 Å². The van der Waals surface area contributed by atoms with E-state index in [-0.39, 0.29) is 5.91 Å². The number of rotatable bonds is 7. The molecule has 4 rings (SSSR count). The van der Waals surface area contributed by atoms with Gasteiger partial charge in [0, 0.05) is 48.8 Å². The van der Waals surface area contributed by atoms with Crippen LogP contribution in [-0.4, -0.2) is 27.4 Å². The molecule has 0 aliphatic carbocycles. The van der Waals surface area contributed by atoms with Gasteiger partial charge >= 0.3 is 0 Å². The minimum absolute atomic E-state index is 0.119. The number of fused-ring (bicyclic) bond motifs is 1. The van der Waals surface area contributed by atoms with Crippen LogP contribution in [0.4, 0.5) is 5.82 Å². The van der Waals surface area contributed by atoms with Crippen molar-refractivity contribution in [2.45, 2.75) is 13.0 Å². The summed E-state index contributed by atoms with van der Waals surface area (Å²) in [5.41, 5.74) is 3.93. The summed E-state index contributed by atoms with van der Waals surface area (Å²) in [5.74, 6) is 0.602. The number of carbonyl (C=O) groups is 1. The molecule has 3 heterocycles. The summed E-state index contributed by atoms with van der Waals surface area (Å²) >= 11 is 0. The van der Waals surface area contributed by atoms with E-state index in [2.05, 4.69) is 31.7 Å². The van der Waals surface area contributed by atoms with Gasteiger partial charge in [-0.1, -0.05) is 24.3 Å². The highest BCUT2D eigenvalue weighted by atomic mass is 16.1. The molecule has 0 radical (unpaired) electrons. The highest BCUT2D eigenvalue weighted by Gasteiger charge is 2.07. The lowest BCUT2D eigenvalue weighted by Gasteiger charge is -2.07. The monoisotopic (exact) mass is 371 g/mol. The molecule has 0 bridgehead atoms. The Morgan fingerprint density at radius 3 is 2.79 bits per heavy atom. The average Bonchev–Trinajstić information content (AvgIpc) is 3.16. The number of pyridine rings is 2. The van der Waals surface area contributed by atoms with Crippen molar-refractivity contribution in [3.63, 3.8) is 0 Å². The van der Waals surface area contributed by atoms with E-state index in [1.807, 2.05) is 48.8 Å². The minimum atomic E-state index is -0.119. The third-order valence-electron chi connectivity index (χ3n) is 4.58. The molecule has 1 aromatic carbocycles. The van der Waals surface area contributed by atoms with Crippen molar-refractivity contribution >= 4 is 22.6 Å². The van der Waals surface area contributed by atoms with Gasteiger partial charge in [-0.05, 0) is 41.8 Å². The molecule has 1 amide bonds. The van der Waals surface area contributed by atoms with E-state index in [1.54, 1.807) is 18.5 Å². The van der Waals surface area contributed by atoms with E-state index in [0.717, 1.165) is 23.3 Å². The Morgan fingerprint density at radius 1 is 1.04 bits per heavy atom. The van der Waals surface area contributed by atoms with Gasteiger partial charge in [0.25, 0.3) is 5.91 Å². The molecule has 0 spiro atoms. The Labute approximate surface area is 163 Å². The van der Waals surface area contributed by atoms with Gasteiger partial charge in [-0.25, -0.2) is 4.98 Å². The number of carbonyl (C=O) groups excluding carboxylic acids is 1. The van der Waals surface area contributed by atoms with E-state index in [1.165, 1.54) is 10.9 Å². The standard InChI is InChI=1S/C22H21N5O/c28-22(24-11-9-17-14-25-20-6-2-1-5-19(17)20)18-7-8-21(27-15-18)26-13-16-4-3-10-23-12-16/h1-8,10,12,14-15,25H,9,11,13H2,(H,24,28)(H,26,27). The third-order valence-corrected chi connectivity index (χ3v) is 4.58. The summed E-state index contributed by atoms with van der Waals surface area (Å²) in [6.07, 6.45) is 7.91. The lowest BCUT2D eigenvalue weighted by atomic mass is 10.1. The first-order chi connectivity index (χ1) is 13.8. The third kappa shape index (κ3) is 4.17. The van der Waals surface area contributed by atoms with E-state index >= 15 is 0 Å². The number of nitrogens with zero attached hydrogens (tertiary/aromatic N) is 2. The Balaban J connectivity index is 1.28. The van der Waals surface area contributed by atoms with E-state index in [4.69, 9.17) is 0 Å². The van der Waals surface area contributed by atoms with Gasteiger partial charge in [0.1, 0.15) is 5.82 Å². The topological polar surface area (TPSA) is 82.7 Å². The fraction of sp³-hybridized carbons (Fsp3) is 0.136. The van der Waals surface area contributed by atoms with Crippen molar-refractivity contribution in [1.82, 2.24) is 20.3 Å². The number of nitrogens with one attached hydrogen (secondary N) is 3. The summed E-state index contributed by atoms with van der Waals surface area (Å²) in [6.45, 7) is 1.21. The molecule has 6 heteroatoms. The largest absolute Gasteiger partial charge is 0.366 e. The van der Waals surface area contributed by atoms with Gasteiger partial charge < -0.3 is 15.6 Å². The van der Waals surface area contributed by atoms with Crippen molar-refractivity contribution in [3.05, 3.63) is 90.0 Å². The number of hydrogen-bond donors (Lipinski definition) is 3. The van der Waals surface area contributed by atoms with Gasteiger partial charge in [0.05, 0.1) is 5.56 Å². The maximum absolute atomic E-state index is 12.3. The zero-order valence-electron chi connectivity index (χ0n) is 15.4. The smallest absolute Gasteiger partial charge is 0.252 e. The Kier molecular flexibility index (Phi) is 5.29. The quantitative estimate of drug-likeness (QED) is 0.464. The molecule has 0 unspecified atom stereocenters. The van der Waals surface area contributed by atoms with Gasteiger partial charge in [-0.2, -0.15) is 0 Å². The molecule has 3 aromatic heterocycles. The molecular formula is C22H21N5O. The fourth-order valence-electron chi connectivity index (χ4n) is 3.08. The molecule has 0 saturated heterocycles. The number of amides is 1. The molecule has 4 aromatic rings. The van der Waals surface area contributed by atoms with Crippen LogP contribution in [0.3, 0.4) is 0 Å². The summed E-state index contributed by atoms with van der Waals surface area (Å²) in [7, 11) is 0. The highest BCUT2D eigenvalue weighted by molar-refractivity contribution is 5.94. The first-order valence-corrected chi connectivity index (χ1v) is 9.21. The van der Waals surface area contributed by atoms with Crippen LogP contribution < -0.4 is 10.6 Å². The number of para-hydroxylation sites is 1. The SMILES string of the molecule is O=C(NCCc1c[nH]c2ccccc12)c1ccc(NCc2cccnc2)nc1. The fourth-order valence-corrected chi connectivity index (χ4v) is 3.08. The second kappa shape index (κ2) is 8.35. The summed E-state index contributed by atoms with van der Waals surface area (Å²) in [6, 6.07) is 15.6. The van der Waals surface area contributed by atoms with Crippen molar-refractivity contribution in [3.8, 4) is 0 Å². The van der Waals surface area contributed by atoms with E-state index < -0.39 is 0 Å². The van der Waals surface area contributed by atoms with Crippen LogP contribution in [0.1, 0.15) is 21.5 Å². The lowest BCUT2D eigenvalue weighted by Crippen LogP contribution is -2.25. The number of anilines is 1. The van der Waals surface area contributed by atoms with Crippen molar-refractivity contribution < 1.29 is 4.79 Å². The molecule has 0 aliphatic rings. The van der Waals surface area contributed by atoms with E-state index in [0.29, 0.717) is 18.7 Å². The summed E-state index contributed by atoms with van der Waals surface area (Å²) in [4.78, 5) is 24.0. The molecule has 28 heavy (non-hydrogen) atoms. The minimum Gasteiger partial charge on any atom is -0.366 e. The van der Waals surface area contributed by atoms with Gasteiger partial charge in [-0.15, -0.1) is 0 Å². The molecular weight excluding hydrogens is 350 g/mol. The predicted octanol–water partition coefficient (Wildman–Crippen LogP) is 3.54. The van der Waals surface area contributed by atoms with Gasteiger partial charge in [0.15, 0.2) is 0 Å². The maximum Gasteiger partial charge on any atom is 0.252 e. The normalized spacial score (nSPS) is 10.7. The van der Waals surface area contributed by atoms with Crippen molar-refractivity contribution in [1.29, 1.82) is 0 Å². The second-order valence-corrected chi connectivity index (χ2v) is 6.51. The molecule has 0 atom stereocenters. The number of hydrogen-bond acceptors (Lipinski definition) is 4. The van der Waals surface area contributed by atoms with Crippen LogP contribution >= 0.6 is 0 Å². The number of aromatic nitrogens is 3. The molecule has 0 fully saturated rings. The molecule has 3 N–H and O–H groups in total. The second-order valence-electron chi connectivity index (χ2n) is 6.51. The molecule has 0 aliphatic heterocycles. The lowest BCUT2D eigenvalue weighted by molar-refractivity contribution is 0.0954. The first-order valence-electron chi connectivity index (χ1n) is 9.21. The van der Waals surface area contributed by atoms with Crippen LogP contribution in [0, 0.1) is 0 Å². The van der Waals surface area contributed by atoms with Crippen LogP contribution in [0.25, 0.3) is 10.9 Å². The summed E-state index contributed by atoms with van der Waals surface area (Å²) < 4.78 is 0. The molecule has 0 saturated carbocycles. The zero-order chi connectivity index (χ0) is 19.2. The van der Waals surface area contributed by atoms with Crippen molar-refractivity contribution in [2.75, 3.05) is 11.9 Å².